The summed E-state index contributed by atoms with van der Waals surface area (Å²) in [7, 11) is 0. The number of nitrogens with zero attached hydrogens (tertiary/aromatic N) is 3. The summed E-state index contributed by atoms with van der Waals surface area (Å²) < 4.78 is 41.4. The van der Waals surface area contributed by atoms with Crippen LogP contribution in [0, 0.1) is 0 Å². The summed E-state index contributed by atoms with van der Waals surface area (Å²) in [4.78, 5) is 12.8. The normalized spacial score (nSPS) is 16.8. The maximum Gasteiger partial charge on any atom is 0.416 e. The van der Waals surface area contributed by atoms with Crippen molar-refractivity contribution in [3.63, 3.8) is 0 Å². The molecule has 0 spiro atoms. The van der Waals surface area contributed by atoms with Crippen molar-refractivity contribution in [2.75, 3.05) is 0 Å². The van der Waals surface area contributed by atoms with Gasteiger partial charge in [0, 0.05) is 6.42 Å². The van der Waals surface area contributed by atoms with Gasteiger partial charge in [0.15, 0.2) is 0 Å². The fourth-order valence-electron chi connectivity index (χ4n) is 3.27. The lowest BCUT2D eigenvalue weighted by Gasteiger charge is -2.12. The van der Waals surface area contributed by atoms with Crippen LogP contribution in [0.15, 0.2) is 59.4 Å². The van der Waals surface area contributed by atoms with E-state index in [0.717, 1.165) is 28.8 Å². The van der Waals surface area contributed by atoms with Crippen molar-refractivity contribution in [1.29, 1.82) is 0 Å². The van der Waals surface area contributed by atoms with E-state index in [2.05, 4.69) is 5.10 Å². The minimum Gasteiger partial charge on any atom is -0.271 e. The first-order valence-electron chi connectivity index (χ1n) is 7.88. The summed E-state index contributed by atoms with van der Waals surface area (Å²) in [6.45, 7) is 0. The Morgan fingerprint density at radius 2 is 1.80 bits per heavy atom. The quantitative estimate of drug-likeness (QED) is 0.712. The zero-order valence-corrected chi connectivity index (χ0v) is 13.1. The zero-order chi connectivity index (χ0) is 17.6. The summed E-state index contributed by atoms with van der Waals surface area (Å²) >= 11 is 0. The molecule has 1 aliphatic rings. The number of aromatic nitrogens is 3. The van der Waals surface area contributed by atoms with Crippen LogP contribution in [0.4, 0.5) is 13.2 Å². The molecule has 0 bridgehead atoms. The number of rotatable bonds is 2. The SMILES string of the molecule is O=c1n(-c2cccc(C(F)(F)F)c2)nc2n1[C@H](c1ccccc1)CC2. The maximum atomic E-state index is 12.9. The van der Waals surface area contributed by atoms with Gasteiger partial charge in [-0.2, -0.15) is 17.9 Å². The second-order valence-corrected chi connectivity index (χ2v) is 5.99. The number of alkyl halides is 3. The lowest BCUT2D eigenvalue weighted by molar-refractivity contribution is -0.137. The van der Waals surface area contributed by atoms with Gasteiger partial charge in [0.05, 0.1) is 17.3 Å². The molecule has 0 saturated heterocycles. The molecule has 0 aliphatic carbocycles. The molecule has 4 nitrogen and oxygen atoms in total. The van der Waals surface area contributed by atoms with Gasteiger partial charge in [-0.05, 0) is 30.2 Å². The van der Waals surface area contributed by atoms with Crippen LogP contribution in [-0.2, 0) is 12.6 Å². The molecule has 3 aromatic rings. The smallest absolute Gasteiger partial charge is 0.271 e. The van der Waals surface area contributed by atoms with E-state index < -0.39 is 17.4 Å². The highest BCUT2D eigenvalue weighted by atomic mass is 19.4. The number of hydrogen-bond donors (Lipinski definition) is 0. The highest BCUT2D eigenvalue weighted by molar-refractivity contribution is 5.36. The van der Waals surface area contributed by atoms with Crippen molar-refractivity contribution >= 4 is 0 Å². The number of fused-ring (bicyclic) bond motifs is 1. The molecule has 0 radical (unpaired) electrons. The van der Waals surface area contributed by atoms with Gasteiger partial charge in [-0.15, -0.1) is 5.10 Å². The highest BCUT2D eigenvalue weighted by Gasteiger charge is 2.32. The Bertz CT molecular complexity index is 973. The van der Waals surface area contributed by atoms with E-state index in [4.69, 9.17) is 0 Å². The predicted molar refractivity (Wildman–Crippen MR) is 85.7 cm³/mol. The van der Waals surface area contributed by atoms with E-state index in [1.165, 1.54) is 12.1 Å². The fraction of sp³-hybridized carbons (Fsp3) is 0.222. The fourth-order valence-corrected chi connectivity index (χ4v) is 3.27. The monoisotopic (exact) mass is 345 g/mol. The molecule has 1 atom stereocenters. The van der Waals surface area contributed by atoms with Gasteiger partial charge < -0.3 is 0 Å². The van der Waals surface area contributed by atoms with Gasteiger partial charge in [0.25, 0.3) is 0 Å². The molecule has 25 heavy (non-hydrogen) atoms. The van der Waals surface area contributed by atoms with Crippen LogP contribution in [-0.4, -0.2) is 14.3 Å². The Balaban J connectivity index is 1.80. The molecule has 1 aromatic heterocycles. The van der Waals surface area contributed by atoms with E-state index in [9.17, 15) is 18.0 Å². The zero-order valence-electron chi connectivity index (χ0n) is 13.1. The third-order valence-electron chi connectivity index (χ3n) is 4.44. The molecule has 0 amide bonds. The van der Waals surface area contributed by atoms with Gasteiger partial charge in [-0.1, -0.05) is 36.4 Å². The lowest BCUT2D eigenvalue weighted by atomic mass is 10.1. The van der Waals surface area contributed by atoms with Crippen LogP contribution in [0.3, 0.4) is 0 Å². The van der Waals surface area contributed by atoms with E-state index in [1.54, 1.807) is 4.57 Å². The Morgan fingerprint density at radius 1 is 1.04 bits per heavy atom. The molecule has 4 rings (SSSR count). The molecule has 0 unspecified atom stereocenters. The van der Waals surface area contributed by atoms with Crippen molar-refractivity contribution in [1.82, 2.24) is 14.3 Å². The van der Waals surface area contributed by atoms with E-state index in [1.807, 2.05) is 30.3 Å². The number of hydrogen-bond acceptors (Lipinski definition) is 2. The molecule has 1 aliphatic heterocycles. The topological polar surface area (TPSA) is 39.8 Å². The van der Waals surface area contributed by atoms with Crippen LogP contribution in [0.25, 0.3) is 5.69 Å². The van der Waals surface area contributed by atoms with E-state index >= 15 is 0 Å². The van der Waals surface area contributed by atoms with Gasteiger partial charge in [0.2, 0.25) is 0 Å². The predicted octanol–water partition coefficient (Wildman–Crippen LogP) is 3.59. The first kappa shape index (κ1) is 15.7. The minimum absolute atomic E-state index is 0.119. The summed E-state index contributed by atoms with van der Waals surface area (Å²) in [6.07, 6.45) is -3.10. The summed E-state index contributed by atoms with van der Waals surface area (Å²) in [5, 5.41) is 4.26. The molecule has 2 heterocycles. The average molecular weight is 345 g/mol. The average Bonchev–Trinajstić information content (AvgIpc) is 3.16. The summed E-state index contributed by atoms with van der Waals surface area (Å²) in [6, 6.07) is 14.1. The van der Waals surface area contributed by atoms with Crippen molar-refractivity contribution in [2.24, 2.45) is 0 Å². The summed E-state index contributed by atoms with van der Waals surface area (Å²) in [5.74, 6) is 0.594. The second kappa shape index (κ2) is 5.61. The molecule has 0 saturated carbocycles. The molecule has 0 N–H and O–H groups in total. The van der Waals surface area contributed by atoms with Crippen molar-refractivity contribution < 1.29 is 13.2 Å². The summed E-state index contributed by atoms with van der Waals surface area (Å²) in [5.41, 5.74) is -0.106. The Hall–Kier alpha value is -2.83. The standard InChI is InChI=1S/C18H14F3N3O/c19-18(20,21)13-7-4-8-14(11-13)24-17(25)23-15(9-10-16(23)22-24)12-5-2-1-3-6-12/h1-8,11,15H,9-10H2/t15-/m0/s1. The van der Waals surface area contributed by atoms with E-state index in [-0.39, 0.29) is 11.7 Å². The van der Waals surface area contributed by atoms with Crippen LogP contribution >= 0.6 is 0 Å². The Kier molecular flexibility index (Phi) is 3.52. The molecule has 7 heteroatoms. The van der Waals surface area contributed by atoms with Crippen LogP contribution in [0.1, 0.15) is 29.4 Å². The minimum atomic E-state index is -4.46. The second-order valence-electron chi connectivity index (χ2n) is 5.99. The molecule has 128 valence electrons. The highest BCUT2D eigenvalue weighted by Crippen LogP contribution is 2.31. The number of aryl methyl sites for hydroxylation is 1. The molecule has 0 fully saturated rings. The van der Waals surface area contributed by atoms with Crippen LogP contribution < -0.4 is 5.69 Å². The van der Waals surface area contributed by atoms with E-state index in [0.29, 0.717) is 12.2 Å². The largest absolute Gasteiger partial charge is 0.416 e. The van der Waals surface area contributed by atoms with Crippen LogP contribution in [0.5, 0.6) is 0 Å². The van der Waals surface area contributed by atoms with Gasteiger partial charge in [-0.25, -0.2) is 4.79 Å². The number of halogens is 3. The van der Waals surface area contributed by atoms with Crippen LogP contribution in [0.2, 0.25) is 0 Å². The lowest BCUT2D eigenvalue weighted by Crippen LogP contribution is -2.26. The van der Waals surface area contributed by atoms with Crippen molar-refractivity contribution in [2.45, 2.75) is 25.1 Å². The molecule has 2 aromatic carbocycles. The first-order valence-corrected chi connectivity index (χ1v) is 7.88. The van der Waals surface area contributed by atoms with Gasteiger partial charge in [-0.3, -0.25) is 4.57 Å². The Labute approximate surface area is 141 Å². The number of benzene rings is 2. The molecular formula is C18H14F3N3O. The molecular weight excluding hydrogens is 331 g/mol. The third-order valence-corrected chi connectivity index (χ3v) is 4.44. The van der Waals surface area contributed by atoms with Gasteiger partial charge >= 0.3 is 11.9 Å². The van der Waals surface area contributed by atoms with Crippen molar-refractivity contribution in [3.05, 3.63) is 82.0 Å². The third kappa shape index (κ3) is 2.65. The maximum absolute atomic E-state index is 12.9. The Morgan fingerprint density at radius 3 is 2.52 bits per heavy atom. The van der Waals surface area contributed by atoms with Crippen molar-refractivity contribution in [3.8, 4) is 5.69 Å². The van der Waals surface area contributed by atoms with Gasteiger partial charge in [0.1, 0.15) is 5.82 Å². The first-order chi connectivity index (χ1) is 11.9.